The Labute approximate surface area is 147 Å². The van der Waals surface area contributed by atoms with Gasteiger partial charge in [-0.2, -0.15) is 10.5 Å². The molecule has 0 saturated carbocycles. The van der Waals surface area contributed by atoms with Crippen LogP contribution in [-0.2, 0) is 17.4 Å². The zero-order chi connectivity index (χ0) is 19.1. The predicted octanol–water partition coefficient (Wildman–Crippen LogP) is 2.65. The predicted molar refractivity (Wildman–Crippen MR) is 90.7 cm³/mol. The van der Waals surface area contributed by atoms with Gasteiger partial charge in [0, 0.05) is 6.57 Å². The van der Waals surface area contributed by atoms with Gasteiger partial charge in [0.05, 0.1) is 23.0 Å². The molecular formula is C18H20N6O. The van der Waals surface area contributed by atoms with Crippen LogP contribution in [0.5, 0.6) is 0 Å². The minimum Gasteiger partial charge on any atom is -0.391 e. The number of rotatable bonds is 5. The summed E-state index contributed by atoms with van der Waals surface area (Å²) in [6, 6.07) is 10.4. The van der Waals surface area contributed by atoms with E-state index < -0.39 is 10.8 Å². The van der Waals surface area contributed by atoms with E-state index in [9.17, 15) is 10.5 Å². The number of nitrogens with zero attached hydrogens (tertiary/aromatic N) is 6. The molecular weight excluding hydrogens is 316 g/mol. The molecule has 0 aliphatic heterocycles. The summed E-state index contributed by atoms with van der Waals surface area (Å²) in [5.41, 5.74) is 1.29. The van der Waals surface area contributed by atoms with Gasteiger partial charge in [-0.1, -0.05) is 23.0 Å². The van der Waals surface area contributed by atoms with Crippen molar-refractivity contribution in [2.24, 2.45) is 0 Å². The van der Waals surface area contributed by atoms with E-state index in [1.54, 1.807) is 0 Å². The fourth-order valence-corrected chi connectivity index (χ4v) is 2.03. The smallest absolute Gasteiger partial charge is 0.155 e. The van der Waals surface area contributed by atoms with Crippen molar-refractivity contribution in [1.29, 1.82) is 15.8 Å². The summed E-state index contributed by atoms with van der Waals surface area (Å²) < 4.78 is 0. The van der Waals surface area contributed by atoms with Crippen LogP contribution in [0.3, 0.4) is 0 Å². The second kappa shape index (κ2) is 7.95. The Bertz CT molecular complexity index is 762. The average Bonchev–Trinajstić information content (AvgIpc) is 3.15. The minimum absolute atomic E-state index is 0.271. The van der Waals surface area contributed by atoms with Crippen molar-refractivity contribution >= 4 is 0 Å². The molecule has 0 saturated heterocycles. The van der Waals surface area contributed by atoms with Crippen molar-refractivity contribution in [3.63, 3.8) is 0 Å². The van der Waals surface area contributed by atoms with E-state index in [1.807, 2.05) is 45.9 Å². The van der Waals surface area contributed by atoms with Crippen molar-refractivity contribution in [2.75, 3.05) is 0 Å². The van der Waals surface area contributed by atoms with E-state index in [1.165, 1.54) is 17.5 Å². The van der Waals surface area contributed by atoms with Crippen LogP contribution in [0.25, 0.3) is 0 Å². The van der Waals surface area contributed by atoms with E-state index in [0.29, 0.717) is 0 Å². The van der Waals surface area contributed by atoms with Crippen LogP contribution >= 0.6 is 0 Å². The Morgan fingerprint density at radius 2 is 1.56 bits per heavy atom. The van der Waals surface area contributed by atoms with Gasteiger partial charge in [-0.05, 0) is 44.4 Å². The van der Waals surface area contributed by atoms with Crippen LogP contribution in [0.15, 0.2) is 30.9 Å². The first-order valence-electron chi connectivity index (χ1n) is 7.50. The first-order chi connectivity index (χ1) is 11.8. The summed E-state index contributed by atoms with van der Waals surface area (Å²) in [4.78, 5) is 10.6. The molecule has 7 nitrogen and oxygen atoms in total. The first-order valence-corrected chi connectivity index (χ1v) is 7.50. The third-order valence-electron chi connectivity index (χ3n) is 3.76. The number of hydrogen-bond acceptors (Lipinski definition) is 6. The van der Waals surface area contributed by atoms with Gasteiger partial charge in [-0.15, -0.1) is 5.10 Å². The summed E-state index contributed by atoms with van der Waals surface area (Å²) in [5.74, 6) is 0. The van der Waals surface area contributed by atoms with E-state index >= 15 is 0 Å². The fraction of sp³-hybridized carbons (Fsp3) is 0.389. The summed E-state index contributed by atoms with van der Waals surface area (Å²) >= 11 is 0. The zero-order valence-corrected chi connectivity index (χ0v) is 14.8. The van der Waals surface area contributed by atoms with Crippen LogP contribution in [0.4, 0.5) is 0 Å². The molecule has 0 aliphatic carbocycles. The maximum atomic E-state index is 9.40. The van der Waals surface area contributed by atoms with Gasteiger partial charge in [0.1, 0.15) is 12.9 Å². The Morgan fingerprint density at radius 3 is 1.96 bits per heavy atom. The molecule has 0 bridgehead atoms. The lowest BCUT2D eigenvalue weighted by Gasteiger charge is -2.23. The molecule has 0 unspecified atom stereocenters. The molecule has 0 atom stereocenters. The molecule has 0 spiro atoms. The molecule has 2 rings (SSSR count). The Kier molecular flexibility index (Phi) is 6.25. The van der Waals surface area contributed by atoms with Crippen LogP contribution in [0.2, 0.25) is 0 Å². The highest BCUT2D eigenvalue weighted by molar-refractivity contribution is 5.42. The van der Waals surface area contributed by atoms with Gasteiger partial charge in [0.25, 0.3) is 0 Å². The minimum atomic E-state index is -0.649. The number of nitriles is 3. The number of aromatic nitrogens is 3. The molecule has 0 aliphatic rings. The lowest BCUT2D eigenvalue weighted by molar-refractivity contribution is 0.0692. The van der Waals surface area contributed by atoms with Crippen LogP contribution in [0.1, 0.15) is 44.4 Å². The van der Waals surface area contributed by atoms with Gasteiger partial charge >= 0.3 is 0 Å². The largest absolute Gasteiger partial charge is 0.391 e. The second-order valence-corrected chi connectivity index (χ2v) is 6.46. The van der Waals surface area contributed by atoms with E-state index in [-0.39, 0.29) is 6.61 Å². The van der Waals surface area contributed by atoms with Crippen molar-refractivity contribution in [3.8, 4) is 18.7 Å². The van der Waals surface area contributed by atoms with Gasteiger partial charge in [0.2, 0.25) is 0 Å². The molecule has 25 heavy (non-hydrogen) atoms. The molecule has 128 valence electrons. The number of hydrogen-bond donors (Lipinski definition) is 0. The quantitative estimate of drug-likeness (QED) is 0.829. The van der Waals surface area contributed by atoms with E-state index in [0.717, 1.165) is 16.7 Å². The van der Waals surface area contributed by atoms with Crippen LogP contribution in [-0.4, -0.2) is 14.9 Å². The Morgan fingerprint density at radius 1 is 1.04 bits per heavy atom. The van der Waals surface area contributed by atoms with Gasteiger partial charge in [-0.25, -0.2) is 10.2 Å². The molecule has 0 N–H and O–H groups in total. The third kappa shape index (κ3) is 4.80. The summed E-state index contributed by atoms with van der Waals surface area (Å²) in [7, 11) is 0. The number of benzene rings is 1. The Balaban J connectivity index is 0.00000151. The van der Waals surface area contributed by atoms with Crippen molar-refractivity contribution < 1.29 is 4.84 Å². The normalized spacial score (nSPS) is 10.7. The molecule has 0 fully saturated rings. The van der Waals surface area contributed by atoms with Crippen molar-refractivity contribution in [3.05, 3.63) is 47.5 Å². The van der Waals surface area contributed by atoms with Crippen molar-refractivity contribution in [2.45, 2.75) is 45.1 Å². The maximum absolute atomic E-state index is 9.40. The fourth-order valence-electron chi connectivity index (χ4n) is 2.03. The van der Waals surface area contributed by atoms with Crippen LogP contribution < -0.4 is 4.84 Å². The summed E-state index contributed by atoms with van der Waals surface area (Å²) in [6.07, 6.45) is 2.85. The lowest BCUT2D eigenvalue weighted by atomic mass is 9.79. The zero-order valence-electron chi connectivity index (χ0n) is 14.8. The highest BCUT2D eigenvalue weighted by Gasteiger charge is 2.26. The van der Waals surface area contributed by atoms with Gasteiger partial charge in [-0.3, -0.25) is 0 Å². The van der Waals surface area contributed by atoms with E-state index in [2.05, 4.69) is 28.8 Å². The monoisotopic (exact) mass is 336 g/mol. The molecule has 0 amide bonds. The molecule has 1 heterocycles. The average molecular weight is 336 g/mol. The standard InChI is InChI=1S/C17H19N5O.CHN/c1-16(2,9-18)14-5-13(8-23-22-12-20-11-21-22)6-15(7-14)17(3,4)10-19;1-2/h5-7,11-12H,8H2,1-4H3;1H. The molecule has 1 aromatic carbocycles. The van der Waals surface area contributed by atoms with Crippen molar-refractivity contribution in [1.82, 2.24) is 14.9 Å². The van der Waals surface area contributed by atoms with E-state index in [4.69, 9.17) is 10.1 Å². The molecule has 2 aromatic rings. The highest BCUT2D eigenvalue weighted by atomic mass is 16.7. The summed E-state index contributed by atoms with van der Waals surface area (Å²) in [6.45, 7) is 11.2. The maximum Gasteiger partial charge on any atom is 0.155 e. The third-order valence-corrected chi connectivity index (χ3v) is 3.76. The first kappa shape index (κ1) is 19.7. The molecule has 1 aromatic heterocycles. The highest BCUT2D eigenvalue weighted by Crippen LogP contribution is 2.30. The molecule has 7 heteroatoms. The second-order valence-electron chi connectivity index (χ2n) is 6.46. The topological polar surface area (TPSA) is 111 Å². The SMILES string of the molecule is C#N.CC(C)(C#N)c1cc(COn2cncn2)cc(C(C)(C)C#N)c1. The summed E-state index contributed by atoms with van der Waals surface area (Å²) in [5, 5.41) is 29.2. The lowest BCUT2D eigenvalue weighted by Crippen LogP contribution is -2.20. The van der Waals surface area contributed by atoms with Gasteiger partial charge < -0.3 is 4.84 Å². The van der Waals surface area contributed by atoms with Crippen LogP contribution in [0, 0.1) is 34.5 Å². The van der Waals surface area contributed by atoms with Gasteiger partial charge in [0.15, 0.2) is 6.33 Å². The molecule has 0 radical (unpaired) electrons. The Hall–Kier alpha value is -3.37.